The van der Waals surface area contributed by atoms with Gasteiger partial charge < -0.3 is 15.4 Å². The molecule has 0 spiro atoms. The molecule has 0 unspecified atom stereocenters. The third kappa shape index (κ3) is 5.88. The number of rotatable bonds is 9. The number of nitrogens with one attached hydrogen (secondary N) is 2. The maximum Gasteiger partial charge on any atom is 0.304 e. The number of hydrogen-bond acceptors (Lipinski definition) is 4. The van der Waals surface area contributed by atoms with Gasteiger partial charge in [0, 0.05) is 45.4 Å². The largest absolute Gasteiger partial charge is 0.481 e. The lowest BCUT2D eigenvalue weighted by Gasteiger charge is -2.09. The number of aromatic amines is 1. The number of benzene rings is 1. The number of carbonyl (C=O) groups excluding carboxylic acids is 1. The second-order valence-electron chi connectivity index (χ2n) is 4.91. The number of carbonyl (C=O) groups is 2. The van der Waals surface area contributed by atoms with E-state index in [1.165, 1.54) is 21.6 Å². The lowest BCUT2D eigenvalue weighted by molar-refractivity contribution is -0.136. The SMILES string of the molecule is O=C(O)CCSSCCNC(=O)c1[nH]ccc1-c1c(Cl)cccc1Cl. The molecule has 2 aromatic rings. The Morgan fingerprint density at radius 1 is 1.12 bits per heavy atom. The van der Waals surface area contributed by atoms with Gasteiger partial charge in [0.15, 0.2) is 0 Å². The van der Waals surface area contributed by atoms with Crippen LogP contribution in [-0.4, -0.2) is 40.0 Å². The van der Waals surface area contributed by atoms with Crippen LogP contribution in [0.5, 0.6) is 0 Å². The summed E-state index contributed by atoms with van der Waals surface area (Å²) in [6, 6.07) is 6.96. The van der Waals surface area contributed by atoms with E-state index in [0.717, 1.165) is 0 Å². The molecule has 1 amide bonds. The Morgan fingerprint density at radius 3 is 2.48 bits per heavy atom. The zero-order chi connectivity index (χ0) is 18.2. The molecule has 1 aromatic heterocycles. The zero-order valence-corrected chi connectivity index (χ0v) is 16.2. The van der Waals surface area contributed by atoms with Crippen molar-refractivity contribution < 1.29 is 14.7 Å². The van der Waals surface area contributed by atoms with Crippen molar-refractivity contribution in [3.63, 3.8) is 0 Å². The van der Waals surface area contributed by atoms with Crippen molar-refractivity contribution >= 4 is 56.7 Å². The van der Waals surface area contributed by atoms with E-state index in [4.69, 9.17) is 28.3 Å². The standard InChI is InChI=1S/C16H16Cl2N2O3S2/c17-11-2-1-3-12(18)14(11)10-4-6-19-15(10)16(23)20-7-9-25-24-8-5-13(21)22/h1-4,6,19H,5,7-9H2,(H,20,23)(H,21,22). The van der Waals surface area contributed by atoms with Crippen LogP contribution in [-0.2, 0) is 4.79 Å². The molecule has 3 N–H and O–H groups in total. The summed E-state index contributed by atoms with van der Waals surface area (Å²) in [7, 11) is 3.00. The van der Waals surface area contributed by atoms with E-state index >= 15 is 0 Å². The number of H-pyrrole nitrogens is 1. The molecule has 2 rings (SSSR count). The highest BCUT2D eigenvalue weighted by Crippen LogP contribution is 2.36. The molecule has 0 radical (unpaired) electrons. The number of carboxylic acid groups (broad SMARTS) is 1. The van der Waals surface area contributed by atoms with E-state index in [2.05, 4.69) is 10.3 Å². The topological polar surface area (TPSA) is 82.2 Å². The first kappa shape index (κ1) is 20.0. The average Bonchev–Trinajstić information content (AvgIpc) is 3.02. The van der Waals surface area contributed by atoms with E-state index in [9.17, 15) is 9.59 Å². The fourth-order valence-corrected chi connectivity index (χ4v) is 4.55. The van der Waals surface area contributed by atoms with Crippen molar-refractivity contribution in [2.75, 3.05) is 18.1 Å². The molecule has 0 aliphatic carbocycles. The van der Waals surface area contributed by atoms with Gasteiger partial charge in [0.05, 0.1) is 6.42 Å². The van der Waals surface area contributed by atoms with E-state index < -0.39 is 5.97 Å². The highest BCUT2D eigenvalue weighted by Gasteiger charge is 2.18. The molecule has 0 saturated heterocycles. The average molecular weight is 419 g/mol. The van der Waals surface area contributed by atoms with E-state index in [1.54, 1.807) is 30.5 Å². The summed E-state index contributed by atoms with van der Waals surface area (Å²) in [6.07, 6.45) is 1.80. The number of aliphatic carboxylic acids is 1. The monoisotopic (exact) mass is 418 g/mol. The smallest absolute Gasteiger partial charge is 0.304 e. The van der Waals surface area contributed by atoms with Gasteiger partial charge in [0.1, 0.15) is 5.69 Å². The van der Waals surface area contributed by atoms with Gasteiger partial charge in [-0.3, -0.25) is 9.59 Å². The molecule has 0 saturated carbocycles. The van der Waals surface area contributed by atoms with Crippen LogP contribution < -0.4 is 5.32 Å². The highest BCUT2D eigenvalue weighted by atomic mass is 35.5. The summed E-state index contributed by atoms with van der Waals surface area (Å²) in [5.41, 5.74) is 1.67. The maximum absolute atomic E-state index is 12.4. The normalized spacial score (nSPS) is 10.6. The third-order valence-electron chi connectivity index (χ3n) is 3.16. The predicted molar refractivity (Wildman–Crippen MR) is 106 cm³/mol. The molecule has 0 aliphatic rings. The Hall–Kier alpha value is -1.28. The lowest BCUT2D eigenvalue weighted by Crippen LogP contribution is -2.26. The molecular formula is C16H16Cl2N2O3S2. The van der Waals surface area contributed by atoms with Crippen molar-refractivity contribution in [2.24, 2.45) is 0 Å². The number of amides is 1. The van der Waals surface area contributed by atoms with Gasteiger partial charge in [-0.25, -0.2) is 0 Å². The summed E-state index contributed by atoms with van der Waals surface area (Å²) in [5.74, 6) is 0.171. The van der Waals surface area contributed by atoms with Crippen LogP contribution in [0.15, 0.2) is 30.5 Å². The molecule has 0 aliphatic heterocycles. The van der Waals surface area contributed by atoms with E-state index in [-0.39, 0.29) is 12.3 Å². The van der Waals surface area contributed by atoms with Crippen molar-refractivity contribution in [3.8, 4) is 11.1 Å². The minimum Gasteiger partial charge on any atom is -0.481 e. The molecule has 5 nitrogen and oxygen atoms in total. The van der Waals surface area contributed by atoms with Gasteiger partial charge in [-0.1, -0.05) is 50.9 Å². The lowest BCUT2D eigenvalue weighted by atomic mass is 10.1. The van der Waals surface area contributed by atoms with E-state index in [1.807, 2.05) is 0 Å². The summed E-state index contributed by atoms with van der Waals surface area (Å²) in [4.78, 5) is 25.7. The van der Waals surface area contributed by atoms with Crippen LogP contribution in [0.25, 0.3) is 11.1 Å². The zero-order valence-electron chi connectivity index (χ0n) is 13.1. The first-order valence-electron chi connectivity index (χ1n) is 7.37. The molecule has 25 heavy (non-hydrogen) atoms. The quantitative estimate of drug-likeness (QED) is 0.410. The fourth-order valence-electron chi connectivity index (χ4n) is 2.06. The molecule has 0 atom stereocenters. The van der Waals surface area contributed by atoms with Crippen LogP contribution in [0.2, 0.25) is 10.0 Å². The van der Waals surface area contributed by atoms with Crippen LogP contribution in [0, 0.1) is 0 Å². The molecule has 0 bridgehead atoms. The molecule has 9 heteroatoms. The van der Waals surface area contributed by atoms with Gasteiger partial charge in [0.2, 0.25) is 0 Å². The van der Waals surface area contributed by atoms with Gasteiger partial charge in [-0.15, -0.1) is 0 Å². The molecule has 0 fully saturated rings. The predicted octanol–water partition coefficient (Wildman–Crippen LogP) is 4.57. The number of carboxylic acids is 1. The van der Waals surface area contributed by atoms with Crippen molar-refractivity contribution in [2.45, 2.75) is 6.42 Å². The van der Waals surface area contributed by atoms with Crippen molar-refractivity contribution in [1.82, 2.24) is 10.3 Å². The number of hydrogen-bond donors (Lipinski definition) is 3. The summed E-state index contributed by atoms with van der Waals surface area (Å²) in [5, 5.41) is 12.3. The van der Waals surface area contributed by atoms with Crippen molar-refractivity contribution in [1.29, 1.82) is 0 Å². The van der Waals surface area contributed by atoms with Crippen molar-refractivity contribution in [3.05, 3.63) is 46.2 Å². The first-order valence-corrected chi connectivity index (χ1v) is 10.6. The van der Waals surface area contributed by atoms with Gasteiger partial charge in [0.25, 0.3) is 5.91 Å². The Balaban J connectivity index is 1.90. The molecular weight excluding hydrogens is 403 g/mol. The second kappa shape index (κ2) is 10.0. The second-order valence-corrected chi connectivity index (χ2v) is 8.42. The fraction of sp³-hybridized carbons (Fsp3) is 0.250. The Bertz CT molecular complexity index is 732. The summed E-state index contributed by atoms with van der Waals surface area (Å²) >= 11 is 12.4. The molecule has 134 valence electrons. The molecule has 1 aromatic carbocycles. The first-order chi connectivity index (χ1) is 12.0. The van der Waals surface area contributed by atoms with Gasteiger partial charge >= 0.3 is 5.97 Å². The van der Waals surface area contributed by atoms with Crippen LogP contribution in [0.1, 0.15) is 16.9 Å². The minimum atomic E-state index is -0.807. The minimum absolute atomic E-state index is 0.133. The van der Waals surface area contributed by atoms with Gasteiger partial charge in [-0.05, 0) is 18.2 Å². The number of aromatic nitrogens is 1. The van der Waals surface area contributed by atoms with E-state index in [0.29, 0.717) is 44.9 Å². The Morgan fingerprint density at radius 2 is 1.80 bits per heavy atom. The van der Waals surface area contributed by atoms with Crippen LogP contribution in [0.3, 0.4) is 0 Å². The highest BCUT2D eigenvalue weighted by molar-refractivity contribution is 8.76. The number of halogens is 2. The van der Waals surface area contributed by atoms with Crippen LogP contribution >= 0.6 is 44.8 Å². The summed E-state index contributed by atoms with van der Waals surface area (Å²) < 4.78 is 0. The van der Waals surface area contributed by atoms with Crippen LogP contribution in [0.4, 0.5) is 0 Å². The molecule has 1 heterocycles. The summed E-state index contributed by atoms with van der Waals surface area (Å²) in [6.45, 7) is 0.471. The van der Waals surface area contributed by atoms with Gasteiger partial charge in [-0.2, -0.15) is 0 Å². The Labute approximate surface area is 163 Å². The third-order valence-corrected chi connectivity index (χ3v) is 6.20. The Kier molecular flexibility index (Phi) is 8.02. The maximum atomic E-state index is 12.4.